The quantitative estimate of drug-likeness (QED) is 0.524. The fraction of sp³-hybridized carbons (Fsp3) is 0. The predicted octanol–water partition coefficient (Wildman–Crippen LogP) is 4.43. The van der Waals surface area contributed by atoms with Crippen LogP contribution >= 0.6 is 11.6 Å². The topological polar surface area (TPSA) is 41.6 Å². The third-order valence-corrected chi connectivity index (χ3v) is 3.61. The van der Waals surface area contributed by atoms with Gasteiger partial charge in [-0.3, -0.25) is 5.10 Å². The van der Waals surface area contributed by atoms with Crippen molar-refractivity contribution in [3.63, 3.8) is 0 Å². The summed E-state index contributed by atoms with van der Waals surface area (Å²) in [6.45, 7) is 0. The highest BCUT2D eigenvalue weighted by Crippen LogP contribution is 2.28. The Hall–Kier alpha value is -2.39. The smallest absolute Gasteiger partial charge is 0.130 e. The van der Waals surface area contributed by atoms with Crippen molar-refractivity contribution in [2.75, 3.05) is 0 Å². The van der Waals surface area contributed by atoms with Crippen LogP contribution in [0.2, 0.25) is 5.15 Å². The van der Waals surface area contributed by atoms with Gasteiger partial charge in [-0.15, -0.1) is 0 Å². The third kappa shape index (κ3) is 1.75. The molecule has 0 saturated heterocycles. The van der Waals surface area contributed by atoms with Crippen LogP contribution in [0.25, 0.3) is 33.1 Å². The molecule has 0 saturated carbocycles. The van der Waals surface area contributed by atoms with Crippen molar-refractivity contribution < 1.29 is 0 Å². The Morgan fingerprint density at radius 2 is 1.75 bits per heavy atom. The van der Waals surface area contributed by atoms with Crippen LogP contribution < -0.4 is 0 Å². The molecule has 96 valence electrons. The molecule has 0 spiro atoms. The monoisotopic (exact) mass is 279 g/mol. The maximum absolute atomic E-state index is 5.98. The average molecular weight is 280 g/mol. The zero-order valence-corrected chi connectivity index (χ0v) is 11.2. The SMILES string of the molecule is Clc1ccc2[nH]nc(-c3ccc4ccccc4c3)c2n1. The largest absolute Gasteiger partial charge is 0.276 e. The summed E-state index contributed by atoms with van der Waals surface area (Å²) in [4.78, 5) is 4.36. The minimum atomic E-state index is 0.473. The molecule has 4 rings (SSSR count). The lowest BCUT2D eigenvalue weighted by molar-refractivity contribution is 1.12. The standard InChI is InChI=1S/C16H10ClN3/c17-14-8-7-13-16(18-14)15(20-19-13)12-6-5-10-3-1-2-4-11(10)9-12/h1-9H,(H,19,20). The van der Waals surface area contributed by atoms with Crippen molar-refractivity contribution >= 4 is 33.4 Å². The zero-order valence-electron chi connectivity index (χ0n) is 10.5. The molecule has 20 heavy (non-hydrogen) atoms. The van der Waals surface area contributed by atoms with E-state index in [9.17, 15) is 0 Å². The molecule has 0 radical (unpaired) electrons. The number of H-pyrrole nitrogens is 1. The number of nitrogens with zero attached hydrogens (tertiary/aromatic N) is 2. The first-order valence-corrected chi connectivity index (χ1v) is 6.69. The number of hydrogen-bond acceptors (Lipinski definition) is 2. The molecule has 0 unspecified atom stereocenters. The lowest BCUT2D eigenvalue weighted by atomic mass is 10.0. The maximum atomic E-state index is 5.98. The number of halogens is 1. The van der Waals surface area contributed by atoms with Crippen LogP contribution in [0.3, 0.4) is 0 Å². The van der Waals surface area contributed by atoms with Crippen molar-refractivity contribution in [3.05, 3.63) is 59.8 Å². The summed E-state index contributed by atoms with van der Waals surface area (Å²) in [5, 5.41) is 10.2. The Labute approximate surface area is 120 Å². The highest BCUT2D eigenvalue weighted by molar-refractivity contribution is 6.29. The first-order valence-electron chi connectivity index (χ1n) is 6.31. The van der Waals surface area contributed by atoms with Crippen LogP contribution in [0.5, 0.6) is 0 Å². The summed E-state index contributed by atoms with van der Waals surface area (Å²) in [6.07, 6.45) is 0. The fourth-order valence-corrected chi connectivity index (χ4v) is 2.56. The molecule has 4 heteroatoms. The van der Waals surface area contributed by atoms with Gasteiger partial charge in [-0.2, -0.15) is 5.10 Å². The Morgan fingerprint density at radius 1 is 0.900 bits per heavy atom. The molecule has 1 N–H and O–H groups in total. The van der Waals surface area contributed by atoms with Gasteiger partial charge in [0.05, 0.1) is 5.52 Å². The molecule has 2 aromatic carbocycles. The number of fused-ring (bicyclic) bond motifs is 2. The number of nitrogens with one attached hydrogen (secondary N) is 1. The number of benzene rings is 2. The van der Waals surface area contributed by atoms with Crippen molar-refractivity contribution in [1.82, 2.24) is 15.2 Å². The van der Waals surface area contributed by atoms with Gasteiger partial charge in [-0.05, 0) is 29.0 Å². The van der Waals surface area contributed by atoms with Crippen LogP contribution in [0.1, 0.15) is 0 Å². The van der Waals surface area contributed by atoms with Crippen molar-refractivity contribution in [2.24, 2.45) is 0 Å². The minimum Gasteiger partial charge on any atom is -0.276 e. The van der Waals surface area contributed by atoms with E-state index in [-0.39, 0.29) is 0 Å². The number of hydrogen-bond donors (Lipinski definition) is 1. The molecule has 0 fully saturated rings. The molecule has 2 aromatic heterocycles. The highest BCUT2D eigenvalue weighted by atomic mass is 35.5. The van der Waals surface area contributed by atoms with Crippen molar-refractivity contribution in [3.8, 4) is 11.3 Å². The van der Waals surface area contributed by atoms with E-state index >= 15 is 0 Å². The van der Waals surface area contributed by atoms with Crippen LogP contribution in [-0.4, -0.2) is 15.2 Å². The molecule has 4 aromatic rings. The Morgan fingerprint density at radius 3 is 2.65 bits per heavy atom. The Balaban J connectivity index is 1.98. The lowest BCUT2D eigenvalue weighted by Crippen LogP contribution is -1.82. The molecule has 0 aliphatic rings. The number of aromatic amines is 1. The molecule has 0 bridgehead atoms. The molecule has 0 aliphatic carbocycles. The molecule has 0 aliphatic heterocycles. The summed E-state index contributed by atoms with van der Waals surface area (Å²) < 4.78 is 0. The van der Waals surface area contributed by atoms with Crippen LogP contribution in [0, 0.1) is 0 Å². The third-order valence-electron chi connectivity index (χ3n) is 3.40. The van der Waals surface area contributed by atoms with Gasteiger partial charge in [-0.1, -0.05) is 48.0 Å². The van der Waals surface area contributed by atoms with E-state index in [0.717, 1.165) is 22.3 Å². The summed E-state index contributed by atoms with van der Waals surface area (Å²) in [5.74, 6) is 0. The van der Waals surface area contributed by atoms with Gasteiger partial charge >= 0.3 is 0 Å². The van der Waals surface area contributed by atoms with Gasteiger partial charge in [0.2, 0.25) is 0 Å². The van der Waals surface area contributed by atoms with Gasteiger partial charge in [0.25, 0.3) is 0 Å². The van der Waals surface area contributed by atoms with E-state index < -0.39 is 0 Å². The van der Waals surface area contributed by atoms with Gasteiger partial charge in [0, 0.05) is 5.56 Å². The summed E-state index contributed by atoms with van der Waals surface area (Å²) in [6, 6.07) is 18.2. The first-order chi connectivity index (χ1) is 9.81. The number of aromatic nitrogens is 3. The second-order valence-electron chi connectivity index (χ2n) is 4.66. The normalized spacial score (nSPS) is 11.2. The molecule has 0 atom stereocenters. The van der Waals surface area contributed by atoms with E-state index in [1.807, 2.05) is 18.2 Å². The van der Waals surface area contributed by atoms with Crippen LogP contribution in [-0.2, 0) is 0 Å². The van der Waals surface area contributed by atoms with E-state index in [1.165, 1.54) is 10.8 Å². The number of rotatable bonds is 1. The van der Waals surface area contributed by atoms with Crippen molar-refractivity contribution in [2.45, 2.75) is 0 Å². The maximum Gasteiger partial charge on any atom is 0.130 e. The van der Waals surface area contributed by atoms with Crippen LogP contribution in [0.4, 0.5) is 0 Å². The second kappa shape index (κ2) is 4.32. The summed E-state index contributed by atoms with van der Waals surface area (Å²) in [5.41, 5.74) is 3.54. The summed E-state index contributed by atoms with van der Waals surface area (Å²) in [7, 11) is 0. The fourth-order valence-electron chi connectivity index (χ4n) is 2.41. The molecule has 3 nitrogen and oxygen atoms in total. The first kappa shape index (κ1) is 11.4. The van der Waals surface area contributed by atoms with E-state index in [0.29, 0.717) is 5.15 Å². The van der Waals surface area contributed by atoms with Gasteiger partial charge in [0.15, 0.2) is 0 Å². The van der Waals surface area contributed by atoms with Gasteiger partial charge in [-0.25, -0.2) is 4.98 Å². The molecule has 2 heterocycles. The van der Waals surface area contributed by atoms with Crippen molar-refractivity contribution in [1.29, 1.82) is 0 Å². The number of pyridine rings is 1. The average Bonchev–Trinajstić information content (AvgIpc) is 2.89. The summed E-state index contributed by atoms with van der Waals surface area (Å²) >= 11 is 5.98. The Kier molecular flexibility index (Phi) is 2.47. The Bertz CT molecular complexity index is 927. The zero-order chi connectivity index (χ0) is 13.5. The molecule has 0 amide bonds. The minimum absolute atomic E-state index is 0.473. The molecular formula is C16H10ClN3. The van der Waals surface area contributed by atoms with Crippen LogP contribution in [0.15, 0.2) is 54.6 Å². The van der Waals surface area contributed by atoms with E-state index in [4.69, 9.17) is 11.6 Å². The van der Waals surface area contributed by atoms with E-state index in [1.54, 1.807) is 6.07 Å². The highest BCUT2D eigenvalue weighted by Gasteiger charge is 2.10. The van der Waals surface area contributed by atoms with Gasteiger partial charge in [0.1, 0.15) is 16.4 Å². The lowest BCUT2D eigenvalue weighted by Gasteiger charge is -2.01. The second-order valence-corrected chi connectivity index (χ2v) is 5.05. The van der Waals surface area contributed by atoms with E-state index in [2.05, 4.69) is 45.5 Å². The predicted molar refractivity (Wildman–Crippen MR) is 81.8 cm³/mol. The van der Waals surface area contributed by atoms with Gasteiger partial charge < -0.3 is 0 Å². The molecular weight excluding hydrogens is 270 g/mol.